The van der Waals surface area contributed by atoms with Gasteiger partial charge in [-0.05, 0) is 55.0 Å². The van der Waals surface area contributed by atoms with Crippen molar-refractivity contribution in [2.24, 2.45) is 30.5 Å². The zero-order valence-electron chi connectivity index (χ0n) is 27.3. The number of hydrogen-bond donors (Lipinski definition) is 4. The van der Waals surface area contributed by atoms with Gasteiger partial charge in [-0.15, -0.1) is 11.3 Å². The molecule has 5 N–H and O–H groups in total. The summed E-state index contributed by atoms with van der Waals surface area (Å²) < 4.78 is 8.74. The van der Waals surface area contributed by atoms with Crippen molar-refractivity contribution in [3.8, 4) is 17.4 Å². The molecule has 3 aromatic heterocycles. The first kappa shape index (κ1) is 35.0. The van der Waals surface area contributed by atoms with E-state index in [9.17, 15) is 24.3 Å². The Morgan fingerprint density at radius 3 is 2.62 bits per heavy atom. The van der Waals surface area contributed by atoms with Crippen molar-refractivity contribution in [2.75, 3.05) is 6.54 Å². The molecule has 15 heteroatoms. The predicted octanol–water partition coefficient (Wildman–Crippen LogP) is 2.65. The average molecular weight is 682 g/mol. The third-order valence-electron chi connectivity index (χ3n) is 8.89. The van der Waals surface area contributed by atoms with E-state index in [0.717, 1.165) is 24.0 Å². The second-order valence-electron chi connectivity index (χ2n) is 12.9. The van der Waals surface area contributed by atoms with Gasteiger partial charge < -0.3 is 30.9 Å². The average Bonchev–Trinajstić information content (AvgIpc) is 3.34. The highest BCUT2D eigenvalue weighted by atomic mass is 32.1. The number of nitrogens with zero attached hydrogens (tertiary/aromatic N) is 5. The van der Waals surface area contributed by atoms with E-state index in [1.807, 2.05) is 23.6 Å². The van der Waals surface area contributed by atoms with Crippen LogP contribution in [0.2, 0.25) is 0 Å². The maximum Gasteiger partial charge on any atom is 0.307 e. The fourth-order valence-corrected chi connectivity index (χ4v) is 6.73. The van der Waals surface area contributed by atoms with E-state index in [1.165, 1.54) is 16.2 Å². The number of carbonyl (C=O) groups excluding carboxylic acids is 3. The number of rotatable bonds is 16. The zero-order chi connectivity index (χ0) is 34.5. The molecule has 2 aliphatic rings. The number of aliphatic carboxylic acids is 1. The second kappa shape index (κ2) is 15.2. The number of aliphatic hydroxyl groups is 1. The molecule has 0 aromatic carbocycles. The van der Waals surface area contributed by atoms with Crippen molar-refractivity contribution in [3.63, 3.8) is 0 Å². The van der Waals surface area contributed by atoms with Crippen LogP contribution in [-0.2, 0) is 26.2 Å². The topological polar surface area (TPSA) is 203 Å². The van der Waals surface area contributed by atoms with E-state index in [0.29, 0.717) is 42.2 Å². The van der Waals surface area contributed by atoms with E-state index in [-0.39, 0.29) is 30.7 Å². The summed E-state index contributed by atoms with van der Waals surface area (Å²) in [6.45, 7) is 3.46. The Morgan fingerprint density at radius 1 is 1.17 bits per heavy atom. The number of carboxylic acid groups (broad SMARTS) is 1. The monoisotopic (exact) mass is 681 g/mol. The molecule has 2 unspecified atom stereocenters. The first-order valence-electron chi connectivity index (χ1n) is 16.3. The number of ether oxygens (including phenoxy) is 1. The highest BCUT2D eigenvalue weighted by Gasteiger charge is 2.43. The molecule has 14 nitrogen and oxygen atoms in total. The number of amides is 3. The van der Waals surface area contributed by atoms with Crippen LogP contribution in [0.1, 0.15) is 58.8 Å². The van der Waals surface area contributed by atoms with Crippen LogP contribution in [-0.4, -0.2) is 89.4 Å². The van der Waals surface area contributed by atoms with Gasteiger partial charge in [-0.25, -0.2) is 4.98 Å². The lowest BCUT2D eigenvalue weighted by atomic mass is 10.0. The number of nitrogens with one attached hydrogen (secondary N) is 1. The van der Waals surface area contributed by atoms with Gasteiger partial charge in [0.05, 0.1) is 18.0 Å². The number of allylic oxidation sites excluding steroid dienone is 2. The second-order valence-corrected chi connectivity index (χ2v) is 13.8. The number of carbonyl (C=O) groups is 4. The summed E-state index contributed by atoms with van der Waals surface area (Å²) in [5.74, 6) is -2.36. The first-order valence-corrected chi connectivity index (χ1v) is 17.2. The van der Waals surface area contributed by atoms with Crippen LogP contribution in [0.4, 0.5) is 0 Å². The van der Waals surface area contributed by atoms with Gasteiger partial charge in [-0.1, -0.05) is 38.8 Å². The van der Waals surface area contributed by atoms with Crippen LogP contribution < -0.4 is 15.8 Å². The number of hydrogen-bond acceptors (Lipinski definition) is 10. The summed E-state index contributed by atoms with van der Waals surface area (Å²) in [7, 11) is 1.79. The Hall–Kier alpha value is -4.37. The Morgan fingerprint density at radius 2 is 1.96 bits per heavy atom. The molecule has 0 radical (unpaired) electrons. The van der Waals surface area contributed by atoms with Gasteiger partial charge in [0.15, 0.2) is 5.82 Å². The molecule has 0 spiro atoms. The maximum atomic E-state index is 14.0. The molecule has 4 heterocycles. The molecule has 0 bridgehead atoms. The molecule has 3 amide bonds. The molecule has 258 valence electrons. The van der Waals surface area contributed by atoms with E-state index >= 15 is 0 Å². The van der Waals surface area contributed by atoms with E-state index in [2.05, 4.69) is 20.4 Å². The molecule has 5 rings (SSSR count). The van der Waals surface area contributed by atoms with Gasteiger partial charge in [-0.3, -0.25) is 23.9 Å². The lowest BCUT2D eigenvalue weighted by Gasteiger charge is -2.28. The van der Waals surface area contributed by atoms with Crippen molar-refractivity contribution in [1.29, 1.82) is 0 Å². The zero-order valence-corrected chi connectivity index (χ0v) is 28.1. The van der Waals surface area contributed by atoms with Crippen molar-refractivity contribution in [1.82, 2.24) is 30.0 Å². The Kier molecular flexibility index (Phi) is 11.1. The number of fused-ring (bicyclic) bond motifs is 1. The number of aryl methyl sites for hydroxylation is 1. The number of carboxylic acids is 1. The van der Waals surface area contributed by atoms with Gasteiger partial charge in [0.1, 0.15) is 34.7 Å². The molecule has 1 saturated heterocycles. The molecule has 1 aliphatic heterocycles. The fraction of sp³-hybridized carbons (Fsp3) is 0.545. The van der Waals surface area contributed by atoms with Gasteiger partial charge in [0, 0.05) is 19.7 Å². The molecular formula is C33H43N7O7S. The number of primary amides is 1. The summed E-state index contributed by atoms with van der Waals surface area (Å²) in [6.07, 6.45) is 7.78. The van der Waals surface area contributed by atoms with Crippen molar-refractivity contribution in [3.05, 3.63) is 35.9 Å². The minimum Gasteiger partial charge on any atom is -0.481 e. The number of unbranched alkanes of at least 4 members (excludes halogenated alkanes) is 3. The van der Waals surface area contributed by atoms with E-state index in [4.69, 9.17) is 15.6 Å². The Bertz CT molecular complexity index is 1670. The number of nitrogens with two attached hydrogens (primary N) is 1. The maximum absolute atomic E-state index is 14.0. The molecule has 6 atom stereocenters. The molecule has 3 aromatic rings. The van der Waals surface area contributed by atoms with Gasteiger partial charge in [0.2, 0.25) is 23.6 Å². The van der Waals surface area contributed by atoms with Gasteiger partial charge in [-0.2, -0.15) is 10.1 Å². The molecular weight excluding hydrogens is 638 g/mol. The number of likely N-dealkylation sites (tertiary alicyclic amines) is 1. The summed E-state index contributed by atoms with van der Waals surface area (Å²) in [5, 5.41) is 28.3. The lowest BCUT2D eigenvalue weighted by molar-refractivity contribution is -0.142. The van der Waals surface area contributed by atoms with Crippen LogP contribution in [0.3, 0.4) is 0 Å². The van der Waals surface area contributed by atoms with E-state index in [1.54, 1.807) is 37.8 Å². The first-order chi connectivity index (χ1) is 22.9. The molecule has 1 aliphatic carbocycles. The lowest BCUT2D eigenvalue weighted by Crippen LogP contribution is -2.54. The van der Waals surface area contributed by atoms with Gasteiger partial charge >= 0.3 is 5.97 Å². The van der Waals surface area contributed by atoms with Crippen LogP contribution in [0.5, 0.6) is 5.88 Å². The van der Waals surface area contributed by atoms with Gasteiger partial charge in [0.25, 0.3) is 0 Å². The fourth-order valence-electron chi connectivity index (χ4n) is 5.97. The summed E-state index contributed by atoms with van der Waals surface area (Å²) in [6, 6.07) is 1.71. The number of aromatic nitrogens is 4. The summed E-state index contributed by atoms with van der Waals surface area (Å²) in [5.41, 5.74) is 7.17. The highest BCUT2D eigenvalue weighted by molar-refractivity contribution is 7.17. The number of thiophene rings is 1. The Labute approximate surface area is 282 Å². The normalized spacial score (nSPS) is 21.9. The third-order valence-corrected chi connectivity index (χ3v) is 9.79. The summed E-state index contributed by atoms with van der Waals surface area (Å²) in [4.78, 5) is 61.2. The van der Waals surface area contributed by atoms with Crippen molar-refractivity contribution >= 4 is 45.2 Å². The minimum atomic E-state index is -1.30. The SMILES string of the molecule is CC(C)[C@H](O)C(=O)NC(CCCCC/C=C\[C@@H]1C[C@@H]1C(=O)O)C(=O)N1CC(Oc2nc(-c3ccnn3C)nc3ccsc23)C[C@H]1C(N)=O. The van der Waals surface area contributed by atoms with Crippen LogP contribution in [0, 0.1) is 17.8 Å². The smallest absolute Gasteiger partial charge is 0.307 e. The highest BCUT2D eigenvalue weighted by Crippen LogP contribution is 2.40. The van der Waals surface area contributed by atoms with Crippen LogP contribution in [0.25, 0.3) is 21.7 Å². The molecule has 2 fully saturated rings. The number of aliphatic hydroxyl groups excluding tert-OH is 1. The van der Waals surface area contributed by atoms with Crippen molar-refractivity contribution < 1.29 is 34.1 Å². The Balaban J connectivity index is 1.26. The van der Waals surface area contributed by atoms with Crippen LogP contribution >= 0.6 is 11.3 Å². The predicted molar refractivity (Wildman–Crippen MR) is 178 cm³/mol. The quantitative estimate of drug-likeness (QED) is 0.129. The molecule has 48 heavy (non-hydrogen) atoms. The van der Waals surface area contributed by atoms with Crippen LogP contribution in [0.15, 0.2) is 35.9 Å². The minimum absolute atomic E-state index is 0.0484. The van der Waals surface area contributed by atoms with E-state index < -0.39 is 48.0 Å². The third kappa shape index (κ3) is 8.19. The largest absolute Gasteiger partial charge is 0.481 e. The summed E-state index contributed by atoms with van der Waals surface area (Å²) >= 11 is 1.42. The standard InChI is InChI=1S/C33H43N7O7S/c1-18(2)26(41)30(43)37-23(10-8-6-4-5-7-9-19-15-21(19)33(45)46)32(44)40-17-20(16-25(40)28(34)42)47-31-27-22(12-14-48-27)36-29(38-31)24-11-13-35-39(24)3/h7,9,11-14,18-21,23,25-26,41H,4-6,8,10,15-17H2,1-3H3,(H2,34,42)(H,37,43)(H,45,46)/b9-7-/t19-,20?,21+,23?,25+,26+/m1/s1. The van der Waals surface area contributed by atoms with Crippen molar-refractivity contribution in [2.45, 2.75) is 83.1 Å². The molecule has 1 saturated carbocycles.